The molecule has 2 aromatic rings. The zero-order valence-electron chi connectivity index (χ0n) is 10.4. The second-order valence-corrected chi connectivity index (χ2v) is 4.55. The van der Waals surface area contributed by atoms with Gasteiger partial charge in [-0.05, 0) is 26.0 Å². The zero-order chi connectivity index (χ0) is 13.2. The number of aliphatic hydroxyl groups is 1. The first-order chi connectivity index (χ1) is 8.50. The highest BCUT2D eigenvalue weighted by atomic mass is 16.5. The molecule has 6 nitrogen and oxygen atoms in total. The average molecular weight is 248 g/mol. The smallest absolute Gasteiger partial charge is 0.229 e. The largest absolute Gasteiger partial charge is 0.388 e. The van der Waals surface area contributed by atoms with Crippen LogP contribution in [0.3, 0.4) is 0 Å². The van der Waals surface area contributed by atoms with Crippen LogP contribution in [0.5, 0.6) is 0 Å². The van der Waals surface area contributed by atoms with Gasteiger partial charge in [0, 0.05) is 12.2 Å². The maximum atomic E-state index is 9.83. The Bertz CT molecular complexity index is 536. The molecular weight excluding hydrogens is 232 g/mol. The zero-order valence-corrected chi connectivity index (χ0v) is 10.4. The number of rotatable bonds is 4. The Morgan fingerprint density at radius 1 is 1.39 bits per heavy atom. The van der Waals surface area contributed by atoms with Crippen LogP contribution < -0.4 is 5.73 Å². The average Bonchev–Trinajstić information content (AvgIpc) is 2.77. The Labute approximate surface area is 105 Å². The van der Waals surface area contributed by atoms with Gasteiger partial charge in [-0.25, -0.2) is 4.98 Å². The van der Waals surface area contributed by atoms with Crippen molar-refractivity contribution in [3.05, 3.63) is 29.8 Å². The summed E-state index contributed by atoms with van der Waals surface area (Å²) < 4.78 is 5.08. The van der Waals surface area contributed by atoms with E-state index in [1.54, 1.807) is 6.92 Å². The van der Waals surface area contributed by atoms with Crippen LogP contribution in [0.1, 0.15) is 18.5 Å². The third kappa shape index (κ3) is 2.91. The van der Waals surface area contributed by atoms with Crippen LogP contribution in [0.2, 0.25) is 0 Å². The number of hydrogen-bond acceptors (Lipinski definition) is 6. The summed E-state index contributed by atoms with van der Waals surface area (Å²) in [6.07, 6.45) is 0.225. The SMILES string of the molecule is Cc1cccc(-c2noc(CC(C)(O)CN)n2)n1. The molecule has 0 bridgehead atoms. The molecule has 0 amide bonds. The van der Waals surface area contributed by atoms with Crippen molar-refractivity contribution in [2.24, 2.45) is 5.73 Å². The molecule has 0 saturated heterocycles. The fourth-order valence-corrected chi connectivity index (χ4v) is 1.50. The Balaban J connectivity index is 2.21. The molecule has 0 spiro atoms. The molecule has 2 heterocycles. The van der Waals surface area contributed by atoms with Crippen molar-refractivity contribution in [3.8, 4) is 11.5 Å². The van der Waals surface area contributed by atoms with E-state index in [2.05, 4.69) is 15.1 Å². The van der Waals surface area contributed by atoms with Gasteiger partial charge in [0.15, 0.2) is 0 Å². The van der Waals surface area contributed by atoms with Gasteiger partial charge in [-0.15, -0.1) is 0 Å². The molecule has 1 unspecified atom stereocenters. The quantitative estimate of drug-likeness (QED) is 0.826. The lowest BCUT2D eigenvalue weighted by Crippen LogP contribution is -2.36. The van der Waals surface area contributed by atoms with Gasteiger partial charge in [0.05, 0.1) is 12.0 Å². The first kappa shape index (κ1) is 12.7. The number of nitrogens with two attached hydrogens (primary N) is 1. The third-order valence-corrected chi connectivity index (χ3v) is 2.56. The van der Waals surface area contributed by atoms with Crippen molar-refractivity contribution in [3.63, 3.8) is 0 Å². The van der Waals surface area contributed by atoms with Gasteiger partial charge in [0.2, 0.25) is 11.7 Å². The second-order valence-electron chi connectivity index (χ2n) is 4.55. The minimum absolute atomic E-state index is 0.132. The summed E-state index contributed by atoms with van der Waals surface area (Å²) in [5, 5.41) is 13.7. The maximum absolute atomic E-state index is 9.83. The maximum Gasteiger partial charge on any atom is 0.229 e. The van der Waals surface area contributed by atoms with E-state index in [0.717, 1.165) is 5.69 Å². The first-order valence-corrected chi connectivity index (χ1v) is 5.69. The Morgan fingerprint density at radius 2 is 2.17 bits per heavy atom. The molecule has 6 heteroatoms. The Hall–Kier alpha value is -1.79. The van der Waals surface area contributed by atoms with Crippen molar-refractivity contribution in [2.75, 3.05) is 6.54 Å². The summed E-state index contributed by atoms with van der Waals surface area (Å²) in [5.74, 6) is 0.769. The van der Waals surface area contributed by atoms with Crippen molar-refractivity contribution >= 4 is 0 Å². The van der Waals surface area contributed by atoms with E-state index in [4.69, 9.17) is 10.3 Å². The molecule has 2 aromatic heterocycles. The second kappa shape index (κ2) is 4.83. The Kier molecular flexibility index (Phi) is 3.40. The summed E-state index contributed by atoms with van der Waals surface area (Å²) in [6, 6.07) is 5.58. The first-order valence-electron chi connectivity index (χ1n) is 5.69. The molecule has 0 saturated carbocycles. The number of nitrogens with zero attached hydrogens (tertiary/aromatic N) is 3. The van der Waals surface area contributed by atoms with Gasteiger partial charge in [-0.1, -0.05) is 11.2 Å². The minimum Gasteiger partial charge on any atom is -0.388 e. The van der Waals surface area contributed by atoms with Gasteiger partial charge in [-0.2, -0.15) is 4.98 Å². The number of aromatic nitrogens is 3. The van der Waals surface area contributed by atoms with Crippen LogP contribution >= 0.6 is 0 Å². The highest BCUT2D eigenvalue weighted by Crippen LogP contribution is 2.16. The van der Waals surface area contributed by atoms with Crippen molar-refractivity contribution in [2.45, 2.75) is 25.9 Å². The normalized spacial score (nSPS) is 14.4. The summed E-state index contributed by atoms with van der Waals surface area (Å²) in [4.78, 5) is 8.50. The molecule has 0 aromatic carbocycles. The number of pyridine rings is 1. The van der Waals surface area contributed by atoms with Gasteiger partial charge in [-0.3, -0.25) is 0 Å². The van der Waals surface area contributed by atoms with E-state index in [0.29, 0.717) is 17.4 Å². The van der Waals surface area contributed by atoms with E-state index in [1.807, 2.05) is 25.1 Å². The minimum atomic E-state index is -1.04. The molecule has 0 aliphatic rings. The fourth-order valence-electron chi connectivity index (χ4n) is 1.50. The molecule has 0 aliphatic heterocycles. The van der Waals surface area contributed by atoms with Crippen LogP contribution in [-0.4, -0.2) is 32.4 Å². The number of hydrogen-bond donors (Lipinski definition) is 2. The highest BCUT2D eigenvalue weighted by molar-refractivity contribution is 5.47. The predicted octanol–water partition coefficient (Wildman–Crippen LogP) is 0.692. The van der Waals surface area contributed by atoms with E-state index in [1.165, 1.54) is 0 Å². The summed E-state index contributed by atoms with van der Waals surface area (Å²) in [6.45, 7) is 3.65. The molecule has 3 N–H and O–H groups in total. The molecule has 0 aliphatic carbocycles. The van der Waals surface area contributed by atoms with Gasteiger partial charge < -0.3 is 15.4 Å². The number of aryl methyl sites for hydroxylation is 1. The molecule has 0 fully saturated rings. The van der Waals surface area contributed by atoms with Gasteiger partial charge in [0.25, 0.3) is 0 Å². The van der Waals surface area contributed by atoms with Crippen LogP contribution in [0, 0.1) is 6.92 Å². The van der Waals surface area contributed by atoms with Crippen molar-refractivity contribution in [1.29, 1.82) is 0 Å². The van der Waals surface area contributed by atoms with E-state index < -0.39 is 5.60 Å². The molecule has 1 atom stereocenters. The highest BCUT2D eigenvalue weighted by Gasteiger charge is 2.23. The monoisotopic (exact) mass is 248 g/mol. The van der Waals surface area contributed by atoms with Gasteiger partial charge >= 0.3 is 0 Å². The van der Waals surface area contributed by atoms with Crippen molar-refractivity contribution in [1.82, 2.24) is 15.1 Å². The summed E-state index contributed by atoms with van der Waals surface area (Å²) in [5.41, 5.74) is 5.93. The lowest BCUT2D eigenvalue weighted by molar-refractivity contribution is 0.0610. The standard InChI is InChI=1S/C12H16N4O2/c1-8-4-3-5-9(14-8)11-15-10(18-16-11)6-12(2,17)7-13/h3-5,17H,6-7,13H2,1-2H3. The predicted molar refractivity (Wildman–Crippen MR) is 65.6 cm³/mol. The van der Waals surface area contributed by atoms with E-state index >= 15 is 0 Å². The van der Waals surface area contributed by atoms with Crippen molar-refractivity contribution < 1.29 is 9.63 Å². The van der Waals surface area contributed by atoms with Crippen LogP contribution in [0.4, 0.5) is 0 Å². The van der Waals surface area contributed by atoms with Crippen LogP contribution in [-0.2, 0) is 6.42 Å². The molecule has 18 heavy (non-hydrogen) atoms. The summed E-state index contributed by atoms with van der Waals surface area (Å²) >= 11 is 0. The van der Waals surface area contributed by atoms with Crippen LogP contribution in [0.25, 0.3) is 11.5 Å². The fraction of sp³-hybridized carbons (Fsp3) is 0.417. The van der Waals surface area contributed by atoms with E-state index in [-0.39, 0.29) is 13.0 Å². The molecule has 96 valence electrons. The lowest BCUT2D eigenvalue weighted by Gasteiger charge is -2.17. The Morgan fingerprint density at radius 3 is 2.83 bits per heavy atom. The van der Waals surface area contributed by atoms with Crippen LogP contribution in [0.15, 0.2) is 22.7 Å². The topological polar surface area (TPSA) is 98.1 Å². The lowest BCUT2D eigenvalue weighted by atomic mass is 10.0. The van der Waals surface area contributed by atoms with E-state index in [9.17, 15) is 5.11 Å². The molecular formula is C12H16N4O2. The van der Waals surface area contributed by atoms with Gasteiger partial charge in [0.1, 0.15) is 5.69 Å². The molecule has 2 rings (SSSR count). The molecule has 0 radical (unpaired) electrons. The summed E-state index contributed by atoms with van der Waals surface area (Å²) in [7, 11) is 0. The third-order valence-electron chi connectivity index (χ3n) is 2.56.